The Balaban J connectivity index is 1.56. The quantitative estimate of drug-likeness (QED) is 0.930. The normalized spacial score (nSPS) is 17.0. The molecule has 1 aromatic carbocycles. The first-order chi connectivity index (χ1) is 12.1. The number of pyridine rings is 1. The zero-order valence-corrected chi connectivity index (χ0v) is 13.5. The number of likely N-dealkylation sites (tertiary alicyclic amines) is 1. The number of hydrogen-bond donors (Lipinski definition) is 1. The highest BCUT2D eigenvalue weighted by Gasteiger charge is 2.27. The first kappa shape index (κ1) is 16.9. The molecular weight excluding hydrogens is 325 g/mol. The van der Waals surface area contributed by atoms with Crippen molar-refractivity contribution in [3.05, 3.63) is 60.2 Å². The Hall–Kier alpha value is -2.96. The number of hydrogen-bond acceptors (Lipinski definition) is 4. The molecule has 1 aliphatic heterocycles. The van der Waals surface area contributed by atoms with E-state index >= 15 is 0 Å². The molecule has 0 aliphatic carbocycles. The van der Waals surface area contributed by atoms with Crippen LogP contribution < -0.4 is 5.32 Å². The van der Waals surface area contributed by atoms with Gasteiger partial charge in [-0.05, 0) is 49.2 Å². The second kappa shape index (κ2) is 7.74. The number of aromatic nitrogens is 1. The van der Waals surface area contributed by atoms with E-state index < -0.39 is 6.09 Å². The molecular formula is C18H18FN3O3. The summed E-state index contributed by atoms with van der Waals surface area (Å²) in [5.41, 5.74) is 1.01. The van der Waals surface area contributed by atoms with Crippen molar-refractivity contribution in [2.45, 2.75) is 18.9 Å². The van der Waals surface area contributed by atoms with Gasteiger partial charge in [0.15, 0.2) is 0 Å². The molecule has 1 fully saturated rings. The molecule has 0 bridgehead atoms. The molecule has 130 valence electrons. The third-order valence-electron chi connectivity index (χ3n) is 3.96. The van der Waals surface area contributed by atoms with Crippen molar-refractivity contribution in [2.24, 2.45) is 0 Å². The van der Waals surface area contributed by atoms with Crippen LogP contribution in [0.5, 0.6) is 0 Å². The first-order valence-electron chi connectivity index (χ1n) is 8.04. The lowest BCUT2D eigenvalue weighted by molar-refractivity contribution is 0.0387. The molecule has 0 spiro atoms. The van der Waals surface area contributed by atoms with Gasteiger partial charge in [0.2, 0.25) is 0 Å². The van der Waals surface area contributed by atoms with E-state index in [1.807, 2.05) is 0 Å². The Morgan fingerprint density at radius 3 is 2.60 bits per heavy atom. The number of nitrogens with zero attached hydrogens (tertiary/aromatic N) is 2. The van der Waals surface area contributed by atoms with Crippen LogP contribution >= 0.6 is 0 Å². The van der Waals surface area contributed by atoms with Crippen molar-refractivity contribution in [1.82, 2.24) is 9.88 Å². The van der Waals surface area contributed by atoms with Gasteiger partial charge in [0, 0.05) is 30.2 Å². The van der Waals surface area contributed by atoms with Gasteiger partial charge in [0.05, 0.1) is 6.54 Å². The Labute approximate surface area is 144 Å². The summed E-state index contributed by atoms with van der Waals surface area (Å²) >= 11 is 0. The number of amides is 2. The van der Waals surface area contributed by atoms with Crippen molar-refractivity contribution in [3.8, 4) is 0 Å². The van der Waals surface area contributed by atoms with E-state index in [4.69, 9.17) is 4.74 Å². The van der Waals surface area contributed by atoms with Crippen LogP contribution in [0, 0.1) is 5.82 Å². The fourth-order valence-electron chi connectivity index (χ4n) is 2.73. The van der Waals surface area contributed by atoms with Gasteiger partial charge < -0.3 is 9.64 Å². The summed E-state index contributed by atoms with van der Waals surface area (Å²) in [6.45, 7) is 0.905. The van der Waals surface area contributed by atoms with E-state index in [2.05, 4.69) is 10.3 Å². The molecule has 1 atom stereocenters. The molecule has 0 radical (unpaired) electrons. The zero-order chi connectivity index (χ0) is 17.6. The van der Waals surface area contributed by atoms with E-state index in [9.17, 15) is 14.0 Å². The van der Waals surface area contributed by atoms with Gasteiger partial charge >= 0.3 is 6.09 Å². The summed E-state index contributed by atoms with van der Waals surface area (Å²) in [6, 6.07) is 8.75. The predicted octanol–water partition coefficient (Wildman–Crippen LogP) is 3.07. The first-order valence-corrected chi connectivity index (χ1v) is 8.04. The fourth-order valence-corrected chi connectivity index (χ4v) is 2.73. The second-order valence-corrected chi connectivity index (χ2v) is 5.79. The lowest BCUT2D eigenvalue weighted by atomic mass is 10.1. The Kier molecular flexibility index (Phi) is 5.23. The molecule has 1 saturated heterocycles. The van der Waals surface area contributed by atoms with Crippen LogP contribution in [0.1, 0.15) is 23.2 Å². The van der Waals surface area contributed by atoms with Crippen molar-refractivity contribution in [3.63, 3.8) is 0 Å². The standard InChI is InChI=1S/C18H18FN3O3/c19-14-5-3-13(4-6-14)17(23)22-11-1-2-16(12-22)25-18(24)21-15-7-9-20-10-8-15/h3-10,16H,1-2,11-12H2,(H,20,21,24). The van der Waals surface area contributed by atoms with E-state index in [0.29, 0.717) is 30.8 Å². The van der Waals surface area contributed by atoms with Crippen LogP contribution in [0.2, 0.25) is 0 Å². The minimum Gasteiger partial charge on any atom is -0.444 e. The number of halogens is 1. The van der Waals surface area contributed by atoms with Gasteiger partial charge in [0.25, 0.3) is 5.91 Å². The van der Waals surface area contributed by atoms with Gasteiger partial charge in [-0.25, -0.2) is 9.18 Å². The fraction of sp³-hybridized carbons (Fsp3) is 0.278. The predicted molar refractivity (Wildman–Crippen MR) is 89.7 cm³/mol. The number of carbonyl (C=O) groups excluding carboxylic acids is 2. The van der Waals surface area contributed by atoms with E-state index in [-0.39, 0.29) is 17.8 Å². The van der Waals surface area contributed by atoms with Crippen LogP contribution in [0.15, 0.2) is 48.8 Å². The minimum absolute atomic E-state index is 0.192. The van der Waals surface area contributed by atoms with Gasteiger partial charge in [-0.1, -0.05) is 0 Å². The van der Waals surface area contributed by atoms with Gasteiger partial charge in [-0.3, -0.25) is 15.1 Å². The maximum Gasteiger partial charge on any atom is 0.411 e. The molecule has 3 rings (SSSR count). The van der Waals surface area contributed by atoms with E-state index in [0.717, 1.165) is 6.42 Å². The smallest absolute Gasteiger partial charge is 0.411 e. The molecule has 2 amide bonds. The Morgan fingerprint density at radius 2 is 1.88 bits per heavy atom. The summed E-state index contributed by atoms with van der Waals surface area (Å²) < 4.78 is 18.4. The molecule has 0 saturated carbocycles. The molecule has 1 N–H and O–H groups in total. The second-order valence-electron chi connectivity index (χ2n) is 5.79. The molecule has 2 heterocycles. The maximum atomic E-state index is 13.0. The summed E-state index contributed by atoms with van der Waals surface area (Å²) in [5, 5.41) is 2.62. The number of benzene rings is 1. The highest BCUT2D eigenvalue weighted by molar-refractivity contribution is 5.94. The van der Waals surface area contributed by atoms with Crippen molar-refractivity contribution in [1.29, 1.82) is 0 Å². The van der Waals surface area contributed by atoms with Gasteiger partial charge in [0.1, 0.15) is 11.9 Å². The summed E-state index contributed by atoms with van der Waals surface area (Å²) in [7, 11) is 0. The van der Waals surface area contributed by atoms with Crippen LogP contribution in [0.3, 0.4) is 0 Å². The minimum atomic E-state index is -0.563. The number of ether oxygens (including phenoxy) is 1. The average Bonchev–Trinajstić information content (AvgIpc) is 2.63. The Morgan fingerprint density at radius 1 is 1.16 bits per heavy atom. The van der Waals surface area contributed by atoms with Gasteiger partial charge in [-0.15, -0.1) is 0 Å². The topological polar surface area (TPSA) is 71.5 Å². The molecule has 2 aromatic rings. The highest BCUT2D eigenvalue weighted by atomic mass is 19.1. The number of nitrogens with one attached hydrogen (secondary N) is 1. The average molecular weight is 343 g/mol. The molecule has 1 aliphatic rings. The lowest BCUT2D eigenvalue weighted by Gasteiger charge is -2.32. The van der Waals surface area contributed by atoms with Crippen molar-refractivity contribution in [2.75, 3.05) is 18.4 Å². The summed E-state index contributed by atoms with van der Waals surface area (Å²) in [5.74, 6) is -0.577. The highest BCUT2D eigenvalue weighted by Crippen LogP contribution is 2.17. The summed E-state index contributed by atoms with van der Waals surface area (Å²) in [6.07, 6.45) is 3.63. The van der Waals surface area contributed by atoms with Crippen LogP contribution in [0.4, 0.5) is 14.9 Å². The third-order valence-corrected chi connectivity index (χ3v) is 3.96. The number of anilines is 1. The largest absolute Gasteiger partial charge is 0.444 e. The van der Waals surface area contributed by atoms with Crippen LogP contribution in [0.25, 0.3) is 0 Å². The monoisotopic (exact) mass is 343 g/mol. The SMILES string of the molecule is O=C(Nc1ccncc1)OC1CCCN(C(=O)c2ccc(F)cc2)C1. The summed E-state index contributed by atoms with van der Waals surface area (Å²) in [4.78, 5) is 29.9. The number of rotatable bonds is 3. The number of piperidine rings is 1. The molecule has 6 nitrogen and oxygen atoms in total. The van der Waals surface area contributed by atoms with Crippen molar-refractivity contribution < 1.29 is 18.7 Å². The van der Waals surface area contributed by atoms with Crippen molar-refractivity contribution >= 4 is 17.7 Å². The lowest BCUT2D eigenvalue weighted by Crippen LogP contribution is -2.44. The van der Waals surface area contributed by atoms with Gasteiger partial charge in [-0.2, -0.15) is 0 Å². The van der Waals surface area contributed by atoms with Crippen LogP contribution in [-0.2, 0) is 4.74 Å². The maximum absolute atomic E-state index is 13.0. The van der Waals surface area contributed by atoms with E-state index in [1.54, 1.807) is 29.4 Å². The molecule has 1 unspecified atom stereocenters. The third kappa shape index (κ3) is 4.53. The molecule has 1 aromatic heterocycles. The van der Waals surface area contributed by atoms with Crippen LogP contribution in [-0.4, -0.2) is 41.1 Å². The number of carbonyl (C=O) groups is 2. The Bertz CT molecular complexity index is 737. The molecule has 25 heavy (non-hydrogen) atoms. The zero-order valence-electron chi connectivity index (χ0n) is 13.5. The van der Waals surface area contributed by atoms with E-state index in [1.165, 1.54) is 24.3 Å². The molecule has 7 heteroatoms.